The largest absolute Gasteiger partial charge is 0.313 e. The van der Waals surface area contributed by atoms with Crippen molar-refractivity contribution in [2.24, 2.45) is 0 Å². The zero-order valence-corrected chi connectivity index (χ0v) is 10.1. The SMILES string of the molecule is C#CCCC(NC)c1ccc(F)c(Br)c1. The van der Waals surface area contributed by atoms with Gasteiger partial charge in [0.1, 0.15) is 5.82 Å². The van der Waals surface area contributed by atoms with Gasteiger partial charge in [-0.15, -0.1) is 12.3 Å². The van der Waals surface area contributed by atoms with E-state index in [2.05, 4.69) is 27.2 Å². The normalized spacial score (nSPS) is 12.1. The summed E-state index contributed by atoms with van der Waals surface area (Å²) in [6.45, 7) is 0. The van der Waals surface area contributed by atoms with Gasteiger partial charge in [0.15, 0.2) is 0 Å². The predicted octanol–water partition coefficient (Wildman–Crippen LogP) is 3.26. The summed E-state index contributed by atoms with van der Waals surface area (Å²) in [5.41, 5.74) is 1.04. The Balaban J connectivity index is 2.83. The summed E-state index contributed by atoms with van der Waals surface area (Å²) in [6.07, 6.45) is 6.78. The first-order valence-electron chi connectivity index (χ1n) is 4.74. The van der Waals surface area contributed by atoms with Gasteiger partial charge in [-0.25, -0.2) is 4.39 Å². The van der Waals surface area contributed by atoms with E-state index in [-0.39, 0.29) is 11.9 Å². The maximum absolute atomic E-state index is 13.0. The molecule has 3 heteroatoms. The van der Waals surface area contributed by atoms with Crippen molar-refractivity contribution in [3.63, 3.8) is 0 Å². The fourth-order valence-electron chi connectivity index (χ4n) is 1.43. The molecule has 0 bridgehead atoms. The zero-order chi connectivity index (χ0) is 11.3. The molecule has 15 heavy (non-hydrogen) atoms. The van der Waals surface area contributed by atoms with Crippen LogP contribution in [0.25, 0.3) is 0 Å². The van der Waals surface area contributed by atoms with E-state index in [0.717, 1.165) is 12.0 Å². The van der Waals surface area contributed by atoms with Gasteiger partial charge >= 0.3 is 0 Å². The molecule has 0 amide bonds. The molecule has 0 radical (unpaired) electrons. The highest BCUT2D eigenvalue weighted by Gasteiger charge is 2.10. The van der Waals surface area contributed by atoms with Gasteiger partial charge in [-0.05, 0) is 47.1 Å². The molecular formula is C12H13BrFN. The first-order valence-corrected chi connectivity index (χ1v) is 5.54. The van der Waals surface area contributed by atoms with E-state index in [1.807, 2.05) is 7.05 Å². The summed E-state index contributed by atoms with van der Waals surface area (Å²) in [7, 11) is 1.87. The van der Waals surface area contributed by atoms with Gasteiger partial charge in [-0.2, -0.15) is 0 Å². The average Bonchev–Trinajstić information content (AvgIpc) is 2.24. The monoisotopic (exact) mass is 269 g/mol. The number of hydrogen-bond acceptors (Lipinski definition) is 1. The Morgan fingerprint density at radius 3 is 2.87 bits per heavy atom. The van der Waals surface area contributed by atoms with Crippen molar-refractivity contribution in [1.82, 2.24) is 5.32 Å². The third kappa shape index (κ3) is 3.33. The van der Waals surface area contributed by atoms with Gasteiger partial charge < -0.3 is 5.32 Å². The number of rotatable bonds is 4. The van der Waals surface area contributed by atoms with Crippen molar-refractivity contribution in [3.05, 3.63) is 34.1 Å². The van der Waals surface area contributed by atoms with E-state index in [9.17, 15) is 4.39 Å². The second kappa shape index (κ2) is 5.89. The number of nitrogens with one attached hydrogen (secondary N) is 1. The van der Waals surface area contributed by atoms with Crippen molar-refractivity contribution >= 4 is 15.9 Å². The third-order valence-corrected chi connectivity index (χ3v) is 2.88. The highest BCUT2D eigenvalue weighted by molar-refractivity contribution is 9.10. The lowest BCUT2D eigenvalue weighted by molar-refractivity contribution is 0.554. The summed E-state index contributed by atoms with van der Waals surface area (Å²) in [4.78, 5) is 0. The van der Waals surface area contributed by atoms with E-state index in [1.54, 1.807) is 12.1 Å². The van der Waals surface area contributed by atoms with Gasteiger partial charge in [0.2, 0.25) is 0 Å². The van der Waals surface area contributed by atoms with E-state index in [4.69, 9.17) is 6.42 Å². The predicted molar refractivity (Wildman–Crippen MR) is 64.0 cm³/mol. The molecule has 1 aromatic rings. The summed E-state index contributed by atoms with van der Waals surface area (Å²) < 4.78 is 13.5. The second-order valence-corrected chi connectivity index (χ2v) is 4.11. The van der Waals surface area contributed by atoms with Gasteiger partial charge in [-0.3, -0.25) is 0 Å². The fraction of sp³-hybridized carbons (Fsp3) is 0.333. The maximum atomic E-state index is 13.0. The Labute approximate surface area is 98.2 Å². The van der Waals surface area contributed by atoms with Crippen LogP contribution in [0.15, 0.2) is 22.7 Å². The van der Waals surface area contributed by atoms with Gasteiger partial charge in [-0.1, -0.05) is 6.07 Å². The summed E-state index contributed by atoms with van der Waals surface area (Å²) in [5.74, 6) is 2.36. The molecule has 1 unspecified atom stereocenters. The quantitative estimate of drug-likeness (QED) is 0.828. The molecule has 0 heterocycles. The second-order valence-electron chi connectivity index (χ2n) is 3.26. The number of halogens is 2. The molecule has 80 valence electrons. The molecule has 1 N–H and O–H groups in total. The Morgan fingerprint density at radius 1 is 1.60 bits per heavy atom. The standard InChI is InChI=1S/C12H13BrFN/c1-3-4-5-12(15-2)9-6-7-11(14)10(13)8-9/h1,6-8,12,15H,4-5H2,2H3. The van der Waals surface area contributed by atoms with Crippen LogP contribution in [0.3, 0.4) is 0 Å². The molecule has 0 saturated carbocycles. The molecule has 1 atom stereocenters. The van der Waals surface area contributed by atoms with Crippen LogP contribution in [0.4, 0.5) is 4.39 Å². The van der Waals surface area contributed by atoms with E-state index in [0.29, 0.717) is 10.9 Å². The Hall–Kier alpha value is -0.850. The number of benzene rings is 1. The molecule has 1 aromatic carbocycles. The summed E-state index contributed by atoms with van der Waals surface area (Å²) in [6, 6.07) is 5.20. The van der Waals surface area contributed by atoms with Crippen LogP contribution in [0.5, 0.6) is 0 Å². The molecule has 0 fully saturated rings. The molecule has 1 rings (SSSR count). The van der Waals surface area contributed by atoms with Crippen LogP contribution in [-0.4, -0.2) is 7.05 Å². The van der Waals surface area contributed by atoms with Crippen LogP contribution in [-0.2, 0) is 0 Å². The lowest BCUT2D eigenvalue weighted by Crippen LogP contribution is -2.16. The molecule has 0 aliphatic heterocycles. The topological polar surface area (TPSA) is 12.0 Å². The van der Waals surface area contributed by atoms with Crippen molar-refractivity contribution < 1.29 is 4.39 Å². The Bertz CT molecular complexity index is 370. The van der Waals surface area contributed by atoms with Crippen molar-refractivity contribution in [1.29, 1.82) is 0 Å². The molecule has 0 spiro atoms. The van der Waals surface area contributed by atoms with E-state index < -0.39 is 0 Å². The third-order valence-electron chi connectivity index (χ3n) is 2.27. The van der Waals surface area contributed by atoms with E-state index in [1.165, 1.54) is 6.07 Å². The molecule has 0 saturated heterocycles. The first kappa shape index (κ1) is 12.2. The lowest BCUT2D eigenvalue weighted by Gasteiger charge is -2.15. The smallest absolute Gasteiger partial charge is 0.137 e. The first-order chi connectivity index (χ1) is 7.19. The summed E-state index contributed by atoms with van der Waals surface area (Å²) >= 11 is 3.17. The maximum Gasteiger partial charge on any atom is 0.137 e. The minimum atomic E-state index is -0.245. The number of terminal acetylenes is 1. The summed E-state index contributed by atoms with van der Waals surface area (Å²) in [5, 5.41) is 3.16. The Morgan fingerprint density at radius 2 is 2.33 bits per heavy atom. The van der Waals surface area contributed by atoms with Crippen molar-refractivity contribution in [3.8, 4) is 12.3 Å². The minimum Gasteiger partial charge on any atom is -0.313 e. The van der Waals surface area contributed by atoms with Gasteiger partial charge in [0.25, 0.3) is 0 Å². The van der Waals surface area contributed by atoms with Gasteiger partial charge in [0.05, 0.1) is 4.47 Å². The van der Waals surface area contributed by atoms with E-state index >= 15 is 0 Å². The van der Waals surface area contributed by atoms with Crippen LogP contribution in [0, 0.1) is 18.2 Å². The molecular weight excluding hydrogens is 257 g/mol. The van der Waals surface area contributed by atoms with Crippen LogP contribution in [0.1, 0.15) is 24.4 Å². The average molecular weight is 270 g/mol. The van der Waals surface area contributed by atoms with Gasteiger partial charge in [0, 0.05) is 12.5 Å². The van der Waals surface area contributed by atoms with Crippen LogP contribution >= 0.6 is 15.9 Å². The highest BCUT2D eigenvalue weighted by Crippen LogP contribution is 2.23. The molecule has 0 aliphatic carbocycles. The molecule has 0 aromatic heterocycles. The fourth-order valence-corrected chi connectivity index (χ4v) is 1.83. The lowest BCUT2D eigenvalue weighted by atomic mass is 10.0. The molecule has 0 aliphatic rings. The van der Waals surface area contributed by atoms with Crippen LogP contribution in [0.2, 0.25) is 0 Å². The minimum absolute atomic E-state index is 0.179. The van der Waals surface area contributed by atoms with Crippen molar-refractivity contribution in [2.75, 3.05) is 7.05 Å². The van der Waals surface area contributed by atoms with Crippen LogP contribution < -0.4 is 5.32 Å². The molecule has 1 nitrogen and oxygen atoms in total. The zero-order valence-electron chi connectivity index (χ0n) is 8.56. The highest BCUT2D eigenvalue weighted by atomic mass is 79.9. The number of hydrogen-bond donors (Lipinski definition) is 1. The Kier molecular flexibility index (Phi) is 4.80. The van der Waals surface area contributed by atoms with Crippen molar-refractivity contribution in [2.45, 2.75) is 18.9 Å².